The average Bonchev–Trinajstić information content (AvgIpc) is 3.25. The Balaban J connectivity index is 1.96. The molecule has 0 amide bonds. The molecule has 2 aromatic heterocycles. The summed E-state index contributed by atoms with van der Waals surface area (Å²) < 4.78 is 147. The highest BCUT2D eigenvalue weighted by atomic mass is 32.2. The maximum atomic E-state index is 12.3. The summed E-state index contributed by atoms with van der Waals surface area (Å²) in [6, 6.07) is -4.41. The van der Waals surface area contributed by atoms with Crippen molar-refractivity contribution in [2.45, 2.75) is 18.6 Å². The second kappa shape index (κ2) is 7.64. The molecule has 31 heavy (non-hydrogen) atoms. The molecule has 0 radical (unpaired) electrons. The van der Waals surface area contributed by atoms with Gasteiger partial charge in [-0.2, -0.15) is 10.1 Å². The van der Waals surface area contributed by atoms with E-state index in [-0.39, 0.29) is 10.9 Å². The van der Waals surface area contributed by atoms with Crippen LogP contribution in [-0.4, -0.2) is 35.1 Å². The molecule has 3 N–H and O–H groups in total. The molecule has 4 rings (SSSR count). The van der Waals surface area contributed by atoms with Gasteiger partial charge in [0.15, 0.2) is 0 Å². The van der Waals surface area contributed by atoms with E-state index in [0.29, 0.717) is 4.90 Å². The van der Waals surface area contributed by atoms with E-state index in [2.05, 4.69) is 20.4 Å². The van der Waals surface area contributed by atoms with Crippen LogP contribution < -0.4 is 15.4 Å². The largest absolute Gasteiger partial charge is 0.329 e. The standard InChI is InChI=1S/C21H23N7O2S/c1-13-5-6-15(11-19(13)31(22,29)30)24-21-23-10-9-20(25-21)27(3)16-7-8-17-14(2)28(4)26-18(17)12-16/h5-12H,1-4H3,(H2,22,29,30)(H,23,24,25)/i1D3,2D3,3D3,5D,6D,7D,8D,11D,12D. The lowest BCUT2D eigenvalue weighted by atomic mass is 10.2. The molecular formula is C21H23N7O2S. The van der Waals surface area contributed by atoms with Gasteiger partial charge in [-0.3, -0.25) is 4.68 Å². The third-order valence-corrected chi connectivity index (χ3v) is 4.86. The highest BCUT2D eigenvalue weighted by Gasteiger charge is 2.14. The summed E-state index contributed by atoms with van der Waals surface area (Å²) in [5.74, 6) is -1.14. The number of sulfonamides is 1. The second-order valence-corrected chi connectivity index (χ2v) is 7.62. The first-order valence-corrected chi connectivity index (χ1v) is 9.89. The molecule has 0 saturated heterocycles. The van der Waals surface area contributed by atoms with Crippen molar-refractivity contribution >= 4 is 44.1 Å². The van der Waals surface area contributed by atoms with Crippen LogP contribution in [0.3, 0.4) is 0 Å². The summed E-state index contributed by atoms with van der Waals surface area (Å²) in [6.07, 6.45) is 0.983. The number of aromatic nitrogens is 4. The molecule has 0 saturated carbocycles. The molecule has 9 nitrogen and oxygen atoms in total. The summed E-state index contributed by atoms with van der Waals surface area (Å²) in [7, 11) is -3.68. The van der Waals surface area contributed by atoms with E-state index in [9.17, 15) is 8.42 Å². The molecule has 160 valence electrons. The van der Waals surface area contributed by atoms with Crippen molar-refractivity contribution in [2.75, 3.05) is 17.2 Å². The molecule has 0 unspecified atom stereocenters. The minimum absolute atomic E-state index is 0.347. The third-order valence-electron chi connectivity index (χ3n) is 3.98. The predicted molar refractivity (Wildman–Crippen MR) is 121 cm³/mol. The number of nitrogens with two attached hydrogens (primary N) is 1. The Morgan fingerprint density at radius 1 is 1.23 bits per heavy atom. The minimum Gasteiger partial charge on any atom is -0.329 e. The Hall–Kier alpha value is -3.50. The number of nitrogens with one attached hydrogen (secondary N) is 1. The Kier molecular flexibility index (Phi) is 2.30. The van der Waals surface area contributed by atoms with E-state index in [1.165, 1.54) is 7.05 Å². The SMILES string of the molecule is [2H]c1c([2H])c(C([2H])([2H])[2H])c(S(N)(=O)=O)c([2H])c1Nc1nccc(N(c2c([2H])c([2H])c3c(C([2H])([2H])[2H])n(C)nc3c2[2H])C([2H])([2H])[2H])n1. The molecule has 0 bridgehead atoms. The zero-order valence-corrected chi connectivity index (χ0v) is 16.5. The van der Waals surface area contributed by atoms with Crippen molar-refractivity contribution in [3.63, 3.8) is 0 Å². The van der Waals surface area contributed by atoms with Crippen molar-refractivity contribution in [3.05, 3.63) is 59.8 Å². The Morgan fingerprint density at radius 3 is 2.84 bits per heavy atom. The number of nitrogens with zero attached hydrogens (tertiary/aromatic N) is 5. The highest BCUT2D eigenvalue weighted by Crippen LogP contribution is 2.28. The van der Waals surface area contributed by atoms with Crippen LogP contribution in [-0.2, 0) is 17.1 Å². The summed E-state index contributed by atoms with van der Waals surface area (Å²) >= 11 is 0. The first kappa shape index (κ1) is 9.33. The normalized spacial score (nSPS) is 19.9. The van der Waals surface area contributed by atoms with Crippen LogP contribution in [0.1, 0.15) is 31.8 Å². The van der Waals surface area contributed by atoms with E-state index >= 15 is 0 Å². The fourth-order valence-electron chi connectivity index (χ4n) is 2.53. The van der Waals surface area contributed by atoms with Gasteiger partial charge in [0, 0.05) is 55.0 Å². The summed E-state index contributed by atoms with van der Waals surface area (Å²) in [6.45, 7) is -9.26. The third kappa shape index (κ3) is 4.07. The summed E-state index contributed by atoms with van der Waals surface area (Å²) in [5, 5.41) is 11.2. The van der Waals surface area contributed by atoms with E-state index in [1.54, 1.807) is 0 Å². The van der Waals surface area contributed by atoms with Crippen LogP contribution in [0.15, 0.2) is 53.4 Å². The molecule has 0 aliphatic carbocycles. The molecule has 4 aromatic rings. The fourth-order valence-corrected chi connectivity index (χ4v) is 3.11. The van der Waals surface area contributed by atoms with E-state index in [4.69, 9.17) is 25.7 Å². The van der Waals surface area contributed by atoms with Gasteiger partial charge in [-0.25, -0.2) is 18.5 Å². The Labute approximate surface area is 201 Å². The van der Waals surface area contributed by atoms with Gasteiger partial charge >= 0.3 is 0 Å². The van der Waals surface area contributed by atoms with Crippen molar-refractivity contribution in [3.8, 4) is 0 Å². The van der Waals surface area contributed by atoms with Gasteiger partial charge in [0.25, 0.3) is 0 Å². The fraction of sp³-hybridized carbons (Fsp3) is 0.190. The predicted octanol–water partition coefficient (Wildman–Crippen LogP) is 3.14. The molecular weight excluding hydrogens is 414 g/mol. The highest BCUT2D eigenvalue weighted by molar-refractivity contribution is 7.89. The van der Waals surface area contributed by atoms with Gasteiger partial charge in [0.1, 0.15) is 5.82 Å². The van der Waals surface area contributed by atoms with E-state index in [1.807, 2.05) is 0 Å². The van der Waals surface area contributed by atoms with Crippen LogP contribution in [0.5, 0.6) is 0 Å². The zero-order valence-electron chi connectivity index (χ0n) is 30.7. The number of hydrogen-bond acceptors (Lipinski definition) is 7. The van der Waals surface area contributed by atoms with Crippen molar-refractivity contribution < 1.29 is 29.0 Å². The van der Waals surface area contributed by atoms with E-state index < -0.39 is 106 Å². The summed E-state index contributed by atoms with van der Waals surface area (Å²) in [5.41, 5.74) is -3.43. The molecule has 10 heteroatoms. The lowest BCUT2D eigenvalue weighted by molar-refractivity contribution is 0.597. The Morgan fingerprint density at radius 2 is 2.10 bits per heavy atom. The van der Waals surface area contributed by atoms with Crippen molar-refractivity contribution in [1.82, 2.24) is 19.7 Å². The second-order valence-electron chi connectivity index (χ2n) is 6.12. The van der Waals surface area contributed by atoms with E-state index in [0.717, 1.165) is 16.9 Å². The van der Waals surface area contributed by atoms with Gasteiger partial charge in [0.05, 0.1) is 18.6 Å². The minimum atomic E-state index is -4.94. The number of rotatable bonds is 5. The number of anilines is 4. The van der Waals surface area contributed by atoms with Gasteiger partial charge < -0.3 is 10.2 Å². The average molecular weight is 453 g/mol. The van der Waals surface area contributed by atoms with Gasteiger partial charge in [-0.1, -0.05) is 6.04 Å². The molecule has 2 aromatic carbocycles. The number of hydrogen-bond donors (Lipinski definition) is 2. The van der Waals surface area contributed by atoms with Crippen molar-refractivity contribution in [2.24, 2.45) is 12.2 Å². The molecule has 0 atom stereocenters. The molecule has 0 aliphatic rings. The quantitative estimate of drug-likeness (QED) is 0.477. The molecule has 2 heterocycles. The maximum Gasteiger partial charge on any atom is 0.238 e. The topological polar surface area (TPSA) is 119 Å². The maximum absolute atomic E-state index is 12.3. The van der Waals surface area contributed by atoms with Crippen LogP contribution in [0.25, 0.3) is 10.9 Å². The van der Waals surface area contributed by atoms with Crippen LogP contribution >= 0.6 is 0 Å². The van der Waals surface area contributed by atoms with Crippen LogP contribution in [0, 0.1) is 13.7 Å². The first-order chi connectivity index (χ1) is 20.8. The zero-order chi connectivity index (χ0) is 35.1. The van der Waals surface area contributed by atoms with Crippen LogP contribution in [0.2, 0.25) is 0 Å². The number of aryl methyl sites for hydroxylation is 2. The lowest BCUT2D eigenvalue weighted by Gasteiger charge is -2.19. The monoisotopic (exact) mass is 452 g/mol. The Bertz CT molecular complexity index is 2000. The molecule has 0 aliphatic heterocycles. The van der Waals surface area contributed by atoms with Gasteiger partial charge in [0.2, 0.25) is 16.0 Å². The number of benzene rings is 2. The van der Waals surface area contributed by atoms with Gasteiger partial charge in [-0.15, -0.1) is 0 Å². The lowest BCUT2D eigenvalue weighted by Crippen LogP contribution is -2.14. The van der Waals surface area contributed by atoms with Crippen molar-refractivity contribution in [1.29, 1.82) is 0 Å². The summed E-state index contributed by atoms with van der Waals surface area (Å²) in [4.78, 5) is 7.04. The number of fused-ring (bicyclic) bond motifs is 1. The van der Waals surface area contributed by atoms with Gasteiger partial charge in [-0.05, 0) is 55.5 Å². The molecule has 0 fully saturated rings. The number of primary sulfonamides is 1. The van der Waals surface area contributed by atoms with Crippen LogP contribution in [0.4, 0.5) is 23.1 Å². The smallest absolute Gasteiger partial charge is 0.238 e. The first-order valence-electron chi connectivity index (χ1n) is 15.8. The molecule has 0 spiro atoms.